The van der Waals surface area contributed by atoms with E-state index in [0.29, 0.717) is 29.2 Å². The van der Waals surface area contributed by atoms with Crippen LogP contribution < -0.4 is 14.2 Å². The number of benzene rings is 1. The van der Waals surface area contributed by atoms with Crippen molar-refractivity contribution in [2.45, 2.75) is 37.3 Å². The van der Waals surface area contributed by atoms with Crippen LogP contribution in [0.15, 0.2) is 36.4 Å². The molecule has 164 valence electrons. The van der Waals surface area contributed by atoms with Gasteiger partial charge in [0, 0.05) is 20.1 Å². The fourth-order valence-electron chi connectivity index (χ4n) is 4.69. The van der Waals surface area contributed by atoms with Gasteiger partial charge in [0.05, 0.1) is 33.9 Å². The molecule has 1 aliphatic heterocycles. The molecule has 0 bridgehead atoms. The molecular weight excluding hydrogens is 388 g/mol. The molecule has 1 aliphatic carbocycles. The number of carbonyl (C=O) groups is 1. The Hall–Kier alpha value is -2.35. The third kappa shape index (κ3) is 3.12. The summed E-state index contributed by atoms with van der Waals surface area (Å²) in [7, 11) is 7.84. The van der Waals surface area contributed by atoms with E-state index in [2.05, 4.69) is 6.58 Å². The largest absolute Gasteiger partial charge is 0.493 e. The van der Waals surface area contributed by atoms with E-state index in [0.717, 1.165) is 5.56 Å². The predicted molar refractivity (Wildman–Crippen MR) is 111 cm³/mol. The number of hydrogen-bond donors (Lipinski definition) is 0. The highest BCUT2D eigenvalue weighted by molar-refractivity contribution is 5.98. The zero-order valence-electron chi connectivity index (χ0n) is 18.4. The lowest BCUT2D eigenvalue weighted by molar-refractivity contribution is -0.274. The highest BCUT2D eigenvalue weighted by Crippen LogP contribution is 2.58. The summed E-state index contributed by atoms with van der Waals surface area (Å²) in [6.45, 7) is 5.78. The lowest BCUT2D eigenvalue weighted by Crippen LogP contribution is -2.58. The summed E-state index contributed by atoms with van der Waals surface area (Å²) in [5, 5.41) is 0. The molecule has 0 amide bonds. The molecule has 1 saturated heterocycles. The summed E-state index contributed by atoms with van der Waals surface area (Å²) in [5.74, 6) is 0.0794. The minimum atomic E-state index is -1.24. The molecule has 30 heavy (non-hydrogen) atoms. The fourth-order valence-corrected chi connectivity index (χ4v) is 4.69. The Balaban J connectivity index is 2.15. The van der Waals surface area contributed by atoms with Gasteiger partial charge in [-0.05, 0) is 35.8 Å². The second-order valence-corrected chi connectivity index (χ2v) is 7.50. The Morgan fingerprint density at radius 2 is 1.73 bits per heavy atom. The molecular formula is C23H30O7. The van der Waals surface area contributed by atoms with Crippen molar-refractivity contribution in [2.75, 3.05) is 35.5 Å². The molecule has 0 N–H and O–H groups in total. The molecule has 7 nitrogen and oxygen atoms in total. The van der Waals surface area contributed by atoms with Gasteiger partial charge >= 0.3 is 0 Å². The van der Waals surface area contributed by atoms with Crippen LogP contribution in [0.5, 0.6) is 17.2 Å². The Morgan fingerprint density at radius 1 is 1.10 bits per heavy atom. The van der Waals surface area contributed by atoms with E-state index in [4.69, 9.17) is 28.4 Å². The van der Waals surface area contributed by atoms with Crippen LogP contribution in [-0.4, -0.2) is 52.7 Å². The predicted octanol–water partition coefficient (Wildman–Crippen LogP) is 3.62. The fraction of sp³-hybridized carbons (Fsp3) is 0.522. The molecule has 1 aromatic rings. The van der Waals surface area contributed by atoms with Crippen LogP contribution >= 0.6 is 0 Å². The van der Waals surface area contributed by atoms with E-state index >= 15 is 0 Å². The molecule has 0 spiro atoms. The topological polar surface area (TPSA) is 72.5 Å². The first-order valence-corrected chi connectivity index (χ1v) is 9.80. The Kier molecular flexibility index (Phi) is 6.26. The maximum atomic E-state index is 12.8. The quantitative estimate of drug-likeness (QED) is 0.597. The van der Waals surface area contributed by atoms with Gasteiger partial charge in [0.1, 0.15) is 5.60 Å². The summed E-state index contributed by atoms with van der Waals surface area (Å²) in [5.41, 5.74) is 0.518. The molecule has 1 aromatic carbocycles. The molecule has 1 heterocycles. The van der Waals surface area contributed by atoms with Gasteiger partial charge in [-0.25, -0.2) is 0 Å². The summed E-state index contributed by atoms with van der Waals surface area (Å²) in [6.07, 6.45) is 3.65. The summed E-state index contributed by atoms with van der Waals surface area (Å²) in [6, 6.07) is 3.70. The number of rotatable bonds is 8. The first-order chi connectivity index (χ1) is 14.4. The van der Waals surface area contributed by atoms with Gasteiger partial charge in [-0.1, -0.05) is 13.0 Å². The van der Waals surface area contributed by atoms with E-state index in [1.165, 1.54) is 7.11 Å². The maximum absolute atomic E-state index is 12.8. The van der Waals surface area contributed by atoms with Crippen molar-refractivity contribution in [1.29, 1.82) is 0 Å². The monoisotopic (exact) mass is 418 g/mol. The molecule has 4 unspecified atom stereocenters. The molecule has 2 aliphatic rings. The van der Waals surface area contributed by atoms with Gasteiger partial charge in [0.2, 0.25) is 11.5 Å². The number of ketones is 1. The highest BCUT2D eigenvalue weighted by atomic mass is 16.7. The Morgan fingerprint density at radius 3 is 2.20 bits per heavy atom. The number of fused-ring (bicyclic) bond motifs is 1. The minimum absolute atomic E-state index is 0.0397. The normalized spacial score (nSPS) is 30.5. The number of hydrogen-bond acceptors (Lipinski definition) is 7. The van der Waals surface area contributed by atoms with Crippen molar-refractivity contribution < 1.29 is 33.2 Å². The van der Waals surface area contributed by atoms with Crippen LogP contribution in [-0.2, 0) is 19.0 Å². The van der Waals surface area contributed by atoms with Crippen molar-refractivity contribution in [2.24, 2.45) is 5.92 Å². The summed E-state index contributed by atoms with van der Waals surface area (Å²) < 4.78 is 34.8. The standard InChI is InChI=1S/C23H30O7/c1-8-9-15-12-22(28-6)14(2)20(30-23(22,29-7)13-17(15)24)16-10-18(25-3)21(27-5)19(11-16)26-4/h8,10-12,14,20H,1,9,13H2,2-7H3. The first kappa shape index (κ1) is 22.3. The van der Waals surface area contributed by atoms with Gasteiger partial charge in [0.15, 0.2) is 17.3 Å². The van der Waals surface area contributed by atoms with Crippen molar-refractivity contribution in [3.8, 4) is 17.2 Å². The molecule has 3 rings (SSSR count). The average molecular weight is 418 g/mol. The molecule has 0 aromatic heterocycles. The van der Waals surface area contributed by atoms with E-state index < -0.39 is 17.5 Å². The Labute approximate surface area is 177 Å². The van der Waals surface area contributed by atoms with E-state index in [9.17, 15) is 4.79 Å². The first-order valence-electron chi connectivity index (χ1n) is 9.80. The van der Waals surface area contributed by atoms with Crippen molar-refractivity contribution >= 4 is 5.78 Å². The van der Waals surface area contributed by atoms with Crippen LogP contribution in [0.4, 0.5) is 0 Å². The number of allylic oxidation sites excluding steroid dienone is 2. The lowest BCUT2D eigenvalue weighted by atomic mass is 9.72. The number of Topliss-reactive ketones (excluding diaryl/α,β-unsaturated/α-hetero) is 1. The third-order valence-corrected chi connectivity index (χ3v) is 6.23. The van der Waals surface area contributed by atoms with Crippen LogP contribution in [0.2, 0.25) is 0 Å². The van der Waals surface area contributed by atoms with Crippen LogP contribution in [0, 0.1) is 5.92 Å². The molecule has 0 saturated carbocycles. The minimum Gasteiger partial charge on any atom is -0.493 e. The SMILES string of the molecule is C=CCC1=CC2(OC)C(C)C(c3cc(OC)c(OC)c(OC)c3)OC2(OC)CC1=O. The van der Waals surface area contributed by atoms with Crippen LogP contribution in [0.3, 0.4) is 0 Å². The van der Waals surface area contributed by atoms with Gasteiger partial charge < -0.3 is 28.4 Å². The van der Waals surface area contributed by atoms with E-state index in [1.54, 1.807) is 34.5 Å². The molecule has 0 radical (unpaired) electrons. The van der Waals surface area contributed by atoms with E-state index in [-0.39, 0.29) is 18.1 Å². The number of carbonyl (C=O) groups excluding carboxylic acids is 1. The second-order valence-electron chi connectivity index (χ2n) is 7.50. The van der Waals surface area contributed by atoms with Crippen LogP contribution in [0.25, 0.3) is 0 Å². The lowest BCUT2D eigenvalue weighted by Gasteiger charge is -2.44. The van der Waals surface area contributed by atoms with Gasteiger partial charge in [-0.3, -0.25) is 4.79 Å². The van der Waals surface area contributed by atoms with Crippen molar-refractivity contribution in [3.63, 3.8) is 0 Å². The van der Waals surface area contributed by atoms with E-state index in [1.807, 2.05) is 25.1 Å². The van der Waals surface area contributed by atoms with Gasteiger partial charge in [-0.2, -0.15) is 0 Å². The zero-order valence-corrected chi connectivity index (χ0v) is 18.4. The molecule has 4 atom stereocenters. The second kappa shape index (κ2) is 8.41. The molecule has 1 fully saturated rings. The average Bonchev–Trinajstić information content (AvgIpc) is 3.01. The molecule has 7 heteroatoms. The van der Waals surface area contributed by atoms with Crippen LogP contribution in [0.1, 0.15) is 31.4 Å². The van der Waals surface area contributed by atoms with Gasteiger partial charge in [-0.15, -0.1) is 6.58 Å². The Bertz CT molecular complexity index is 836. The smallest absolute Gasteiger partial charge is 0.209 e. The van der Waals surface area contributed by atoms with Gasteiger partial charge in [0.25, 0.3) is 0 Å². The third-order valence-electron chi connectivity index (χ3n) is 6.23. The number of ether oxygens (including phenoxy) is 6. The van der Waals surface area contributed by atoms with Crippen molar-refractivity contribution in [1.82, 2.24) is 0 Å². The maximum Gasteiger partial charge on any atom is 0.209 e. The zero-order chi connectivity index (χ0) is 22.1. The van der Waals surface area contributed by atoms with Crippen molar-refractivity contribution in [3.05, 3.63) is 42.0 Å². The summed E-state index contributed by atoms with van der Waals surface area (Å²) >= 11 is 0. The number of methoxy groups -OCH3 is 5. The highest BCUT2D eigenvalue weighted by Gasteiger charge is 2.67. The summed E-state index contributed by atoms with van der Waals surface area (Å²) in [4.78, 5) is 12.8.